The highest BCUT2D eigenvalue weighted by Crippen LogP contribution is 2.39. The van der Waals surface area contributed by atoms with E-state index in [4.69, 9.17) is 16.6 Å². The molecule has 0 radical (unpaired) electrons. The molecule has 1 aliphatic rings. The van der Waals surface area contributed by atoms with Crippen LogP contribution in [0.1, 0.15) is 31.3 Å². The molecule has 1 aliphatic heterocycles. The van der Waals surface area contributed by atoms with Crippen LogP contribution in [0, 0.1) is 15.9 Å². The Bertz CT molecular complexity index is 1160. The Hall–Kier alpha value is -2.40. The van der Waals surface area contributed by atoms with Crippen LogP contribution in [0.3, 0.4) is 0 Å². The van der Waals surface area contributed by atoms with Gasteiger partial charge in [-0.1, -0.05) is 13.8 Å². The van der Waals surface area contributed by atoms with Crippen LogP contribution in [-0.2, 0) is 18.5 Å². The average Bonchev–Trinajstić information content (AvgIpc) is 3.26. The van der Waals surface area contributed by atoms with Crippen molar-refractivity contribution in [1.82, 2.24) is 19.4 Å². The number of fused-ring (bicyclic) bond motifs is 1. The molecule has 8 nitrogen and oxygen atoms in total. The lowest BCUT2D eigenvalue weighted by Gasteiger charge is -2.40. The van der Waals surface area contributed by atoms with E-state index in [0.29, 0.717) is 19.6 Å². The highest BCUT2D eigenvalue weighted by molar-refractivity contribution is 7.15. The molecule has 0 spiro atoms. The molecule has 0 bridgehead atoms. The minimum atomic E-state index is -1.20. The van der Waals surface area contributed by atoms with Crippen LogP contribution in [0.2, 0.25) is 5.28 Å². The zero-order valence-electron chi connectivity index (χ0n) is 17.9. The molecule has 11 heteroatoms. The fourth-order valence-corrected chi connectivity index (χ4v) is 5.67. The number of nitro groups is 1. The molecule has 0 aliphatic carbocycles. The van der Waals surface area contributed by atoms with E-state index in [1.807, 2.05) is 0 Å². The summed E-state index contributed by atoms with van der Waals surface area (Å²) in [5.74, 6) is -0.639. The lowest BCUT2D eigenvalue weighted by atomic mass is 9.84. The van der Waals surface area contributed by atoms with E-state index < -0.39 is 10.5 Å². The van der Waals surface area contributed by atoms with Gasteiger partial charge in [-0.2, -0.15) is 0 Å². The highest BCUT2D eigenvalue weighted by atomic mass is 35.5. The summed E-state index contributed by atoms with van der Waals surface area (Å²) in [5, 5.41) is 22.8. The summed E-state index contributed by atoms with van der Waals surface area (Å²) in [4.78, 5) is 22.1. The number of halogens is 2. The number of aliphatic hydroxyl groups is 1. The van der Waals surface area contributed by atoms with Crippen molar-refractivity contribution in [2.24, 2.45) is 0 Å². The minimum absolute atomic E-state index is 0.0374. The molecule has 170 valence electrons. The van der Waals surface area contributed by atoms with E-state index in [0.717, 1.165) is 21.1 Å². The van der Waals surface area contributed by atoms with Crippen LogP contribution in [0.4, 0.5) is 10.2 Å². The first-order valence-electron chi connectivity index (χ1n) is 10.0. The number of hydrogen-bond donors (Lipinski definition) is 1. The molecule has 1 atom stereocenters. The Morgan fingerprint density at radius 2 is 2.00 bits per heavy atom. The number of hydrogen-bond acceptors (Lipinski definition) is 7. The van der Waals surface area contributed by atoms with E-state index in [1.54, 1.807) is 30.4 Å². The molecular formula is C21H23ClFN5O3S. The largest absolute Gasteiger partial charge is 0.387 e. The molecule has 32 heavy (non-hydrogen) atoms. The summed E-state index contributed by atoms with van der Waals surface area (Å²) in [7, 11) is 0. The van der Waals surface area contributed by atoms with Crippen LogP contribution in [0.5, 0.6) is 0 Å². The van der Waals surface area contributed by atoms with Crippen LogP contribution < -0.4 is 0 Å². The van der Waals surface area contributed by atoms with Crippen molar-refractivity contribution in [2.45, 2.75) is 44.9 Å². The maximum absolute atomic E-state index is 13.3. The Kier molecular flexibility index (Phi) is 5.83. The molecule has 0 amide bonds. The van der Waals surface area contributed by atoms with Gasteiger partial charge in [0.1, 0.15) is 17.0 Å². The van der Waals surface area contributed by atoms with Gasteiger partial charge in [0, 0.05) is 35.5 Å². The quantitative estimate of drug-likeness (QED) is 0.419. The second-order valence-electron chi connectivity index (χ2n) is 9.08. The number of aromatic nitrogens is 3. The molecule has 4 rings (SSSR count). The van der Waals surface area contributed by atoms with Crippen LogP contribution in [-0.4, -0.2) is 48.2 Å². The second-order valence-corrected chi connectivity index (χ2v) is 10.5. The molecule has 1 unspecified atom stereocenters. The smallest absolute Gasteiger partial charge is 0.383 e. The summed E-state index contributed by atoms with van der Waals surface area (Å²) in [6, 6.07) is 6.30. The van der Waals surface area contributed by atoms with Crippen molar-refractivity contribution in [3.63, 3.8) is 0 Å². The fraction of sp³-hybridized carbons (Fsp3) is 0.429. The van der Waals surface area contributed by atoms with Gasteiger partial charge in [0.2, 0.25) is 0 Å². The SMILES string of the molecule is CC(O)(CN1Cc2sc(-c3ccc(F)cc3)nc2C(C)(C)C1)Cn1cc([N+](=O)[O-])nc1Cl. The first-order valence-corrected chi connectivity index (χ1v) is 11.2. The van der Waals surface area contributed by atoms with E-state index in [2.05, 4.69) is 23.7 Å². The van der Waals surface area contributed by atoms with Gasteiger partial charge in [-0.3, -0.25) is 9.47 Å². The average molecular weight is 480 g/mol. The molecule has 3 aromatic rings. The molecule has 1 aromatic carbocycles. The van der Waals surface area contributed by atoms with Gasteiger partial charge in [0.05, 0.1) is 17.8 Å². The van der Waals surface area contributed by atoms with Crippen molar-refractivity contribution < 1.29 is 14.4 Å². The Balaban J connectivity index is 1.53. The standard InChI is InChI=1S/C21H23ClFN5O3S/c1-20(2)10-26(11-21(3,29)12-27-9-16(28(30)31)24-19(27)22)8-15-17(20)25-18(32-15)13-4-6-14(23)7-5-13/h4-7,9,29H,8,10-12H2,1-3H3. The minimum Gasteiger partial charge on any atom is -0.387 e. The van der Waals surface area contributed by atoms with Gasteiger partial charge >= 0.3 is 11.1 Å². The third-order valence-electron chi connectivity index (χ3n) is 5.39. The van der Waals surface area contributed by atoms with Crippen molar-refractivity contribution >= 4 is 28.8 Å². The van der Waals surface area contributed by atoms with Crippen molar-refractivity contribution in [3.8, 4) is 10.6 Å². The predicted octanol–water partition coefficient (Wildman–Crippen LogP) is 4.25. The van der Waals surface area contributed by atoms with Crippen LogP contribution in [0.15, 0.2) is 30.5 Å². The van der Waals surface area contributed by atoms with E-state index in [1.165, 1.54) is 22.9 Å². The zero-order chi connectivity index (χ0) is 23.3. The van der Waals surface area contributed by atoms with Gasteiger partial charge in [-0.15, -0.1) is 11.3 Å². The lowest BCUT2D eigenvalue weighted by molar-refractivity contribution is -0.389. The normalized spacial score (nSPS) is 17.7. The van der Waals surface area contributed by atoms with Gasteiger partial charge in [0.15, 0.2) is 0 Å². The highest BCUT2D eigenvalue weighted by Gasteiger charge is 2.38. The summed E-state index contributed by atoms with van der Waals surface area (Å²) < 4.78 is 14.7. The Labute approximate surface area is 193 Å². The van der Waals surface area contributed by atoms with Crippen molar-refractivity contribution in [1.29, 1.82) is 0 Å². The predicted molar refractivity (Wildman–Crippen MR) is 120 cm³/mol. The summed E-state index contributed by atoms with van der Waals surface area (Å²) >= 11 is 7.58. The number of nitrogens with zero attached hydrogens (tertiary/aromatic N) is 5. The van der Waals surface area contributed by atoms with E-state index in [-0.39, 0.29) is 28.9 Å². The first kappa shape index (κ1) is 22.8. The molecular weight excluding hydrogens is 457 g/mol. The summed E-state index contributed by atoms with van der Waals surface area (Å²) in [6.07, 6.45) is 1.23. The maximum atomic E-state index is 13.3. The lowest BCUT2D eigenvalue weighted by Crippen LogP contribution is -2.49. The van der Waals surface area contributed by atoms with Gasteiger partial charge in [0.25, 0.3) is 0 Å². The van der Waals surface area contributed by atoms with Gasteiger partial charge in [-0.05, 0) is 52.7 Å². The van der Waals surface area contributed by atoms with E-state index in [9.17, 15) is 19.6 Å². The molecule has 0 fully saturated rings. The third-order valence-corrected chi connectivity index (χ3v) is 6.78. The Morgan fingerprint density at radius 1 is 1.31 bits per heavy atom. The number of thiazole rings is 1. The topological polar surface area (TPSA) is 97.3 Å². The van der Waals surface area contributed by atoms with Crippen LogP contribution in [0.25, 0.3) is 10.6 Å². The number of imidazole rings is 1. The second kappa shape index (κ2) is 8.18. The first-order chi connectivity index (χ1) is 14.9. The third kappa shape index (κ3) is 4.68. The Morgan fingerprint density at radius 3 is 2.62 bits per heavy atom. The molecule has 3 heterocycles. The van der Waals surface area contributed by atoms with Crippen LogP contribution >= 0.6 is 22.9 Å². The molecule has 2 aromatic heterocycles. The molecule has 1 N–H and O–H groups in total. The number of rotatable bonds is 6. The fourth-order valence-electron chi connectivity index (χ4n) is 4.19. The molecule has 0 saturated carbocycles. The van der Waals surface area contributed by atoms with Crippen molar-refractivity contribution in [3.05, 3.63) is 62.2 Å². The van der Waals surface area contributed by atoms with E-state index >= 15 is 0 Å². The zero-order valence-corrected chi connectivity index (χ0v) is 19.5. The van der Waals surface area contributed by atoms with Gasteiger partial charge < -0.3 is 15.2 Å². The summed E-state index contributed by atoms with van der Waals surface area (Å²) in [6.45, 7) is 7.59. The summed E-state index contributed by atoms with van der Waals surface area (Å²) in [5.41, 5.74) is 0.447. The number of benzene rings is 1. The monoisotopic (exact) mass is 479 g/mol. The van der Waals surface area contributed by atoms with Crippen molar-refractivity contribution in [2.75, 3.05) is 13.1 Å². The maximum Gasteiger partial charge on any atom is 0.383 e. The number of β-amino-alcohol motifs (C(OH)–C–C–N with tert-alkyl or cyclic N) is 1. The van der Waals surface area contributed by atoms with Gasteiger partial charge in [-0.25, -0.2) is 9.37 Å². The molecule has 0 saturated heterocycles.